The zero-order chi connectivity index (χ0) is 26.8. The second kappa shape index (κ2) is 8.01. The molecule has 0 bridgehead atoms. The van der Waals surface area contributed by atoms with E-state index in [2.05, 4.69) is 42.5 Å². The Labute approximate surface area is 211 Å². The van der Waals surface area contributed by atoms with E-state index in [9.17, 15) is 5.26 Å². The second-order valence-corrected chi connectivity index (χ2v) is 9.83. The van der Waals surface area contributed by atoms with Gasteiger partial charge in [-0.2, -0.15) is 5.26 Å². The molecular formula is C31H22FN2S+. The highest BCUT2D eigenvalue weighted by molar-refractivity contribution is 7.27. The lowest BCUT2D eigenvalue weighted by Gasteiger charge is -2.08. The second-order valence-electron chi connectivity index (χ2n) is 8.81. The third-order valence-electron chi connectivity index (χ3n) is 6.66. The zero-order valence-electron chi connectivity index (χ0n) is 22.2. The van der Waals surface area contributed by atoms with Gasteiger partial charge in [0.05, 0.1) is 17.2 Å². The van der Waals surface area contributed by atoms with Gasteiger partial charge in [-0.1, -0.05) is 54.6 Å². The van der Waals surface area contributed by atoms with E-state index in [4.69, 9.17) is 4.11 Å². The lowest BCUT2D eigenvalue weighted by Crippen LogP contribution is -2.31. The third kappa shape index (κ3) is 3.31. The van der Waals surface area contributed by atoms with Gasteiger partial charge in [0.1, 0.15) is 12.9 Å². The molecule has 0 saturated carbocycles. The minimum atomic E-state index is -2.54. The van der Waals surface area contributed by atoms with Crippen molar-refractivity contribution in [3.05, 3.63) is 102 Å². The van der Waals surface area contributed by atoms with Crippen molar-refractivity contribution in [2.45, 2.75) is 13.8 Å². The quantitative estimate of drug-likeness (QED) is 0.233. The van der Waals surface area contributed by atoms with Crippen molar-refractivity contribution in [1.29, 1.82) is 5.26 Å². The van der Waals surface area contributed by atoms with E-state index in [0.29, 0.717) is 11.3 Å². The maximum absolute atomic E-state index is 15.1. The van der Waals surface area contributed by atoms with E-state index >= 15 is 4.39 Å². The van der Waals surface area contributed by atoms with Crippen molar-refractivity contribution < 1.29 is 13.1 Å². The normalized spacial score (nSPS) is 13.0. The molecule has 2 heterocycles. The molecule has 0 aliphatic rings. The molecule has 0 unspecified atom stereocenters. The van der Waals surface area contributed by atoms with Crippen LogP contribution in [-0.4, -0.2) is 0 Å². The smallest absolute Gasteiger partial charge is 0.206 e. The van der Waals surface area contributed by atoms with Gasteiger partial charge in [0.15, 0.2) is 6.20 Å². The topological polar surface area (TPSA) is 27.7 Å². The minimum Gasteiger partial charge on any atom is -0.206 e. The predicted octanol–water partition coefficient (Wildman–Crippen LogP) is 7.99. The van der Waals surface area contributed by atoms with Gasteiger partial charge in [-0.15, -0.1) is 11.3 Å². The first-order chi connectivity index (χ1) is 18.2. The summed E-state index contributed by atoms with van der Waals surface area (Å²) < 4.78 is 41.7. The molecule has 0 atom stereocenters. The van der Waals surface area contributed by atoms with Gasteiger partial charge in [0.2, 0.25) is 5.69 Å². The highest BCUT2D eigenvalue weighted by atomic mass is 32.1. The highest BCUT2D eigenvalue weighted by Gasteiger charge is 2.23. The first-order valence-corrected chi connectivity index (χ1v) is 12.1. The molecule has 0 saturated heterocycles. The Kier molecular flexibility index (Phi) is 4.18. The highest BCUT2D eigenvalue weighted by Crippen LogP contribution is 2.45. The molecule has 0 fully saturated rings. The largest absolute Gasteiger partial charge is 0.216 e. The molecule has 4 aromatic carbocycles. The molecule has 4 heteroatoms. The summed E-state index contributed by atoms with van der Waals surface area (Å²) >= 11 is 1.58. The molecule has 2 aromatic heterocycles. The lowest BCUT2D eigenvalue weighted by atomic mass is 9.95. The Hall–Kier alpha value is -4.07. The number of benzene rings is 4. The molecule has 6 rings (SSSR count). The fraction of sp³-hybridized carbons (Fsp3) is 0.0968. The monoisotopic (exact) mass is 476 g/mol. The predicted molar refractivity (Wildman–Crippen MR) is 143 cm³/mol. The maximum atomic E-state index is 15.1. The van der Waals surface area contributed by atoms with Crippen molar-refractivity contribution in [3.8, 4) is 28.5 Å². The Balaban J connectivity index is 1.67. The number of aryl methyl sites for hydroxylation is 3. The molecule has 0 spiro atoms. The van der Waals surface area contributed by atoms with E-state index in [1.165, 1.54) is 12.3 Å². The summed E-state index contributed by atoms with van der Waals surface area (Å²) in [4.78, 5) is 0. The van der Waals surface area contributed by atoms with Crippen LogP contribution in [-0.2, 0) is 7.05 Å². The van der Waals surface area contributed by atoms with Crippen LogP contribution in [0.15, 0.2) is 79.0 Å². The minimum absolute atomic E-state index is 0.304. The third-order valence-corrected chi connectivity index (χ3v) is 7.91. The average Bonchev–Trinajstić information content (AvgIpc) is 3.27. The summed E-state index contributed by atoms with van der Waals surface area (Å²) in [7, 11) is 1.74. The number of halogens is 1. The van der Waals surface area contributed by atoms with Crippen LogP contribution in [0.2, 0.25) is 0 Å². The lowest BCUT2D eigenvalue weighted by molar-refractivity contribution is -0.660. The summed E-state index contributed by atoms with van der Waals surface area (Å²) in [6.07, 6.45) is 1.36. The molecule has 0 amide bonds. The number of rotatable bonds is 2. The van der Waals surface area contributed by atoms with Gasteiger partial charge in [-0.05, 0) is 47.8 Å². The van der Waals surface area contributed by atoms with Gasteiger partial charge in [-0.3, -0.25) is 0 Å². The van der Waals surface area contributed by atoms with Crippen LogP contribution in [0.1, 0.15) is 20.8 Å². The van der Waals surface area contributed by atoms with Crippen LogP contribution in [0, 0.1) is 30.9 Å². The first kappa shape index (κ1) is 18.3. The van der Waals surface area contributed by atoms with E-state index in [1.807, 2.05) is 37.3 Å². The summed E-state index contributed by atoms with van der Waals surface area (Å²) in [5, 5.41) is 14.3. The van der Waals surface area contributed by atoms with Crippen molar-refractivity contribution >= 4 is 42.3 Å². The van der Waals surface area contributed by atoms with Gasteiger partial charge in [-0.25, -0.2) is 8.96 Å². The number of aromatic nitrogens is 1. The van der Waals surface area contributed by atoms with Gasteiger partial charge in [0.25, 0.3) is 0 Å². The number of pyridine rings is 1. The van der Waals surface area contributed by atoms with Crippen LogP contribution in [0.4, 0.5) is 4.39 Å². The van der Waals surface area contributed by atoms with Gasteiger partial charge in [0, 0.05) is 41.5 Å². The fourth-order valence-corrected chi connectivity index (χ4v) is 6.40. The summed E-state index contributed by atoms with van der Waals surface area (Å²) in [6, 6.07) is 26.0. The number of thiophene rings is 1. The molecule has 35 heavy (non-hydrogen) atoms. The molecule has 2 nitrogen and oxygen atoms in total. The van der Waals surface area contributed by atoms with Crippen molar-refractivity contribution in [2.24, 2.45) is 7.05 Å². The van der Waals surface area contributed by atoms with Crippen LogP contribution in [0.25, 0.3) is 53.3 Å². The number of nitriles is 1. The fourth-order valence-electron chi connectivity index (χ4n) is 4.92. The number of nitrogens with zero attached hydrogens (tertiary/aromatic N) is 2. The zero-order valence-corrected chi connectivity index (χ0v) is 20.0. The number of fused-ring (bicyclic) bond motifs is 4. The molecule has 0 N–H and O–H groups in total. The van der Waals surface area contributed by atoms with Gasteiger partial charge >= 0.3 is 0 Å². The molecule has 0 aliphatic carbocycles. The first-order valence-electron chi connectivity index (χ1n) is 12.8. The Morgan fingerprint density at radius 1 is 0.886 bits per heavy atom. The van der Waals surface area contributed by atoms with Crippen molar-refractivity contribution in [1.82, 2.24) is 0 Å². The average molecular weight is 477 g/mol. The summed E-state index contributed by atoms with van der Waals surface area (Å²) in [5.41, 5.74) is 4.54. The molecule has 0 aliphatic heterocycles. The summed E-state index contributed by atoms with van der Waals surface area (Å²) in [5.74, 6) is -0.751. The van der Waals surface area contributed by atoms with Gasteiger partial charge < -0.3 is 0 Å². The number of hydrogen-bond donors (Lipinski definition) is 0. The van der Waals surface area contributed by atoms with Crippen molar-refractivity contribution in [3.63, 3.8) is 0 Å². The summed E-state index contributed by atoms with van der Waals surface area (Å²) in [6.45, 7) is -0.568. The van der Waals surface area contributed by atoms with Crippen LogP contribution in [0.5, 0.6) is 0 Å². The van der Waals surface area contributed by atoms with Crippen LogP contribution >= 0.6 is 11.3 Å². The van der Waals surface area contributed by atoms with Crippen molar-refractivity contribution in [2.75, 3.05) is 0 Å². The molecule has 0 radical (unpaired) electrons. The Bertz CT molecular complexity index is 1970. The Morgan fingerprint density at radius 2 is 1.63 bits per heavy atom. The van der Waals surface area contributed by atoms with E-state index < -0.39 is 12.7 Å². The van der Waals surface area contributed by atoms with Crippen LogP contribution < -0.4 is 4.57 Å². The molecule has 168 valence electrons. The van der Waals surface area contributed by atoms with E-state index in [0.717, 1.165) is 53.2 Å². The van der Waals surface area contributed by atoms with E-state index in [1.54, 1.807) is 23.0 Å². The standard InChI is InChI=1S/C31H22FN2S/c1-18-8-12-24-25-13-11-23(16-33)29(22-10-9-20-6-4-5-7-21(20)14-22)31(25)35-30(24)28(18)27-15-26(32)19(2)17-34(27)3/h4-15,17H,1-3H3/q+1/i2D3. The van der Waals surface area contributed by atoms with Crippen LogP contribution in [0.3, 0.4) is 0 Å². The van der Waals surface area contributed by atoms with E-state index in [-0.39, 0.29) is 5.56 Å². The molecular weight excluding hydrogens is 451 g/mol. The maximum Gasteiger partial charge on any atom is 0.216 e. The SMILES string of the molecule is [2H]C([2H])([2H])c1c[n+](C)c(-c2c(C)ccc3c2sc2c(-c4ccc5ccccc5c4)c(C#N)ccc23)cc1F. The Morgan fingerprint density at radius 3 is 2.40 bits per heavy atom. The number of hydrogen-bond acceptors (Lipinski definition) is 2. The molecule has 6 aromatic rings.